The SMILES string of the molecule is Cc1ccc(CCc2nn3c(C=O)c(-c4ccccc4)nc3s2)cc1. The summed E-state index contributed by atoms with van der Waals surface area (Å²) >= 11 is 1.55. The molecule has 0 aliphatic heterocycles. The van der Waals surface area contributed by atoms with Crippen LogP contribution in [0.2, 0.25) is 0 Å². The van der Waals surface area contributed by atoms with Crippen LogP contribution in [0.1, 0.15) is 26.6 Å². The standard InChI is InChI=1S/C20H17N3OS/c1-14-7-9-15(10-8-14)11-12-18-22-23-17(13-24)19(21-20(23)25-18)16-5-3-2-4-6-16/h2-10,13H,11-12H2,1H3. The second-order valence-corrected chi connectivity index (χ2v) is 7.05. The van der Waals surface area contributed by atoms with Gasteiger partial charge in [-0.05, 0) is 18.9 Å². The number of fused-ring (bicyclic) bond motifs is 1. The predicted molar refractivity (Wildman–Crippen MR) is 100 cm³/mol. The minimum atomic E-state index is 0.513. The van der Waals surface area contributed by atoms with Crippen molar-refractivity contribution in [2.75, 3.05) is 0 Å². The highest BCUT2D eigenvalue weighted by molar-refractivity contribution is 7.16. The summed E-state index contributed by atoms with van der Waals surface area (Å²) in [6, 6.07) is 18.3. The minimum Gasteiger partial charge on any atom is -0.296 e. The Hall–Kier alpha value is -2.79. The lowest BCUT2D eigenvalue weighted by Crippen LogP contribution is -1.97. The highest BCUT2D eigenvalue weighted by Gasteiger charge is 2.17. The lowest BCUT2D eigenvalue weighted by Gasteiger charge is -2.00. The number of benzene rings is 2. The van der Waals surface area contributed by atoms with Gasteiger partial charge in [0, 0.05) is 12.0 Å². The molecule has 4 nitrogen and oxygen atoms in total. The molecule has 0 atom stereocenters. The third-order valence-corrected chi connectivity index (χ3v) is 5.16. The number of aromatic nitrogens is 3. The van der Waals surface area contributed by atoms with E-state index in [0.717, 1.165) is 34.7 Å². The van der Waals surface area contributed by atoms with Crippen LogP contribution >= 0.6 is 11.3 Å². The van der Waals surface area contributed by atoms with Crippen LogP contribution in [-0.4, -0.2) is 20.9 Å². The van der Waals surface area contributed by atoms with Crippen molar-refractivity contribution in [3.05, 3.63) is 76.4 Å². The van der Waals surface area contributed by atoms with Crippen LogP contribution < -0.4 is 0 Å². The van der Waals surface area contributed by atoms with Gasteiger partial charge in [-0.1, -0.05) is 71.5 Å². The van der Waals surface area contributed by atoms with E-state index in [1.54, 1.807) is 15.9 Å². The summed E-state index contributed by atoms with van der Waals surface area (Å²) in [5.74, 6) is 0. The van der Waals surface area contributed by atoms with Crippen molar-refractivity contribution >= 4 is 22.6 Å². The second-order valence-electron chi connectivity index (χ2n) is 6.01. The lowest BCUT2D eigenvalue weighted by atomic mass is 10.1. The summed E-state index contributed by atoms with van der Waals surface area (Å²) in [6.45, 7) is 2.09. The number of rotatable bonds is 5. The average Bonchev–Trinajstić information content (AvgIpc) is 3.19. The van der Waals surface area contributed by atoms with Crippen LogP contribution in [0.5, 0.6) is 0 Å². The monoisotopic (exact) mass is 347 g/mol. The molecule has 0 amide bonds. The van der Waals surface area contributed by atoms with Crippen LogP contribution in [0, 0.1) is 6.92 Å². The van der Waals surface area contributed by atoms with E-state index in [4.69, 9.17) is 0 Å². The van der Waals surface area contributed by atoms with Crippen molar-refractivity contribution in [1.82, 2.24) is 14.6 Å². The number of hydrogen-bond donors (Lipinski definition) is 0. The zero-order valence-corrected chi connectivity index (χ0v) is 14.7. The maximum absolute atomic E-state index is 11.6. The molecule has 0 saturated heterocycles. The van der Waals surface area contributed by atoms with Gasteiger partial charge in [0.15, 0.2) is 6.29 Å². The molecule has 0 unspecified atom stereocenters. The van der Waals surface area contributed by atoms with Gasteiger partial charge in [-0.15, -0.1) is 0 Å². The molecular formula is C20H17N3OS. The summed E-state index contributed by atoms with van der Waals surface area (Å²) in [5, 5.41) is 5.60. The van der Waals surface area contributed by atoms with Gasteiger partial charge in [0.1, 0.15) is 16.4 Å². The summed E-state index contributed by atoms with van der Waals surface area (Å²) in [7, 11) is 0. The van der Waals surface area contributed by atoms with Crippen molar-refractivity contribution in [1.29, 1.82) is 0 Å². The van der Waals surface area contributed by atoms with Crippen molar-refractivity contribution in [3.8, 4) is 11.3 Å². The van der Waals surface area contributed by atoms with Crippen LogP contribution in [0.3, 0.4) is 0 Å². The van der Waals surface area contributed by atoms with Gasteiger partial charge in [0.05, 0.1) is 0 Å². The molecule has 0 aliphatic carbocycles. The van der Waals surface area contributed by atoms with Gasteiger partial charge in [-0.2, -0.15) is 9.61 Å². The number of imidazole rings is 1. The Morgan fingerprint density at radius 2 is 1.80 bits per heavy atom. The first-order valence-electron chi connectivity index (χ1n) is 8.19. The van der Waals surface area contributed by atoms with Gasteiger partial charge in [-0.25, -0.2) is 4.98 Å². The fourth-order valence-corrected chi connectivity index (χ4v) is 3.72. The van der Waals surface area contributed by atoms with E-state index in [1.165, 1.54) is 11.1 Å². The number of carbonyl (C=O) groups is 1. The summed E-state index contributed by atoms with van der Waals surface area (Å²) < 4.78 is 1.67. The normalized spacial score (nSPS) is 11.1. The van der Waals surface area contributed by atoms with Gasteiger partial charge in [0.25, 0.3) is 0 Å². The molecule has 2 aromatic heterocycles. The number of nitrogens with zero attached hydrogens (tertiary/aromatic N) is 3. The molecule has 0 bridgehead atoms. The van der Waals surface area contributed by atoms with Crippen molar-refractivity contribution in [2.45, 2.75) is 19.8 Å². The molecule has 124 valence electrons. The first-order chi connectivity index (χ1) is 12.2. The fourth-order valence-electron chi connectivity index (χ4n) is 2.82. The Bertz CT molecular complexity index is 1020. The Morgan fingerprint density at radius 1 is 1.04 bits per heavy atom. The Kier molecular flexibility index (Phi) is 4.15. The molecular weight excluding hydrogens is 330 g/mol. The summed E-state index contributed by atoms with van der Waals surface area (Å²) in [6.07, 6.45) is 2.61. The van der Waals surface area contributed by atoms with Crippen molar-refractivity contribution < 1.29 is 4.79 Å². The predicted octanol–water partition coefficient (Wildman–Crippen LogP) is 4.36. The molecule has 2 heterocycles. The van der Waals surface area contributed by atoms with E-state index >= 15 is 0 Å². The summed E-state index contributed by atoms with van der Waals surface area (Å²) in [5.41, 5.74) is 4.70. The van der Waals surface area contributed by atoms with E-state index < -0.39 is 0 Å². The molecule has 0 aliphatic rings. The molecule has 4 rings (SSSR count). The molecule has 4 aromatic rings. The van der Waals surface area contributed by atoms with Gasteiger partial charge >= 0.3 is 0 Å². The van der Waals surface area contributed by atoms with Crippen LogP contribution in [0.4, 0.5) is 0 Å². The first-order valence-corrected chi connectivity index (χ1v) is 9.01. The van der Waals surface area contributed by atoms with Gasteiger partial charge < -0.3 is 0 Å². The maximum atomic E-state index is 11.6. The number of carbonyl (C=O) groups excluding carboxylic acids is 1. The number of aldehydes is 1. The highest BCUT2D eigenvalue weighted by Crippen LogP contribution is 2.26. The highest BCUT2D eigenvalue weighted by atomic mass is 32.1. The molecule has 5 heteroatoms. The zero-order chi connectivity index (χ0) is 17.2. The third-order valence-electron chi connectivity index (χ3n) is 4.19. The zero-order valence-electron chi connectivity index (χ0n) is 13.8. The molecule has 0 spiro atoms. The molecule has 2 aromatic carbocycles. The molecule has 0 N–H and O–H groups in total. The largest absolute Gasteiger partial charge is 0.296 e. The van der Waals surface area contributed by atoms with Crippen molar-refractivity contribution in [3.63, 3.8) is 0 Å². The molecule has 0 saturated carbocycles. The minimum absolute atomic E-state index is 0.513. The van der Waals surface area contributed by atoms with E-state index in [-0.39, 0.29) is 0 Å². The van der Waals surface area contributed by atoms with Crippen molar-refractivity contribution in [2.24, 2.45) is 0 Å². The quantitative estimate of drug-likeness (QED) is 0.504. The topological polar surface area (TPSA) is 47.3 Å². The van der Waals surface area contributed by atoms with Crippen LogP contribution in [0.15, 0.2) is 54.6 Å². The Morgan fingerprint density at radius 3 is 2.52 bits per heavy atom. The van der Waals surface area contributed by atoms with Gasteiger partial charge in [0.2, 0.25) is 4.96 Å². The number of aryl methyl sites for hydroxylation is 3. The maximum Gasteiger partial charge on any atom is 0.213 e. The van der Waals surface area contributed by atoms with E-state index in [1.807, 2.05) is 30.3 Å². The Labute approximate surface area is 149 Å². The third kappa shape index (κ3) is 3.10. The van der Waals surface area contributed by atoms with E-state index in [0.29, 0.717) is 11.4 Å². The molecule has 0 radical (unpaired) electrons. The molecule has 25 heavy (non-hydrogen) atoms. The van der Waals surface area contributed by atoms with Crippen LogP contribution in [-0.2, 0) is 12.8 Å². The molecule has 0 fully saturated rings. The fraction of sp³-hybridized carbons (Fsp3) is 0.150. The number of hydrogen-bond acceptors (Lipinski definition) is 4. The Balaban J connectivity index is 1.61. The van der Waals surface area contributed by atoms with Gasteiger partial charge in [-0.3, -0.25) is 4.79 Å². The first kappa shape index (κ1) is 15.7. The summed E-state index contributed by atoms with van der Waals surface area (Å²) in [4.78, 5) is 17.0. The van der Waals surface area contributed by atoms with Crippen LogP contribution in [0.25, 0.3) is 16.2 Å². The lowest BCUT2D eigenvalue weighted by molar-refractivity contribution is 0.111. The average molecular weight is 347 g/mol. The smallest absolute Gasteiger partial charge is 0.213 e. The van der Waals surface area contributed by atoms with E-state index in [2.05, 4.69) is 41.3 Å². The van der Waals surface area contributed by atoms with E-state index in [9.17, 15) is 4.79 Å². The second kappa shape index (κ2) is 6.61.